The van der Waals surface area contributed by atoms with E-state index in [2.05, 4.69) is 5.32 Å². The van der Waals surface area contributed by atoms with E-state index in [4.69, 9.17) is 9.47 Å². The van der Waals surface area contributed by atoms with E-state index in [1.54, 1.807) is 20.8 Å². The molecule has 0 unspecified atom stereocenters. The van der Waals surface area contributed by atoms with Crippen LogP contribution in [0.15, 0.2) is 24.3 Å². The molecular weight excluding hydrogens is 310 g/mol. The van der Waals surface area contributed by atoms with E-state index in [0.29, 0.717) is 5.56 Å². The Morgan fingerprint density at radius 3 is 1.88 bits per heavy atom. The number of amides is 1. The zero-order valence-corrected chi connectivity index (χ0v) is 15.1. The van der Waals surface area contributed by atoms with Crippen molar-refractivity contribution < 1.29 is 23.9 Å². The average Bonchev–Trinajstić information content (AvgIpc) is 2.41. The van der Waals surface area contributed by atoms with Gasteiger partial charge in [-0.2, -0.15) is 0 Å². The molecule has 0 saturated carbocycles. The van der Waals surface area contributed by atoms with Crippen LogP contribution in [0.1, 0.15) is 62.3 Å². The lowest BCUT2D eigenvalue weighted by atomic mass is 10.1. The van der Waals surface area contributed by atoms with E-state index in [-0.39, 0.29) is 17.0 Å². The zero-order valence-electron chi connectivity index (χ0n) is 15.1. The maximum atomic E-state index is 12.0. The smallest absolute Gasteiger partial charge is 0.344 e. The number of carbonyl (C=O) groups is 3. The maximum Gasteiger partial charge on any atom is 0.344 e. The molecule has 0 radical (unpaired) electrons. The van der Waals surface area contributed by atoms with Gasteiger partial charge in [-0.25, -0.2) is 9.59 Å². The van der Waals surface area contributed by atoms with Gasteiger partial charge in [0, 0.05) is 11.1 Å². The molecule has 0 saturated heterocycles. The van der Waals surface area contributed by atoms with Crippen LogP contribution in [0.25, 0.3) is 0 Å². The van der Waals surface area contributed by atoms with Crippen molar-refractivity contribution in [1.82, 2.24) is 5.32 Å². The minimum Gasteiger partial charge on any atom is -0.457 e. The molecule has 1 rings (SSSR count). The summed E-state index contributed by atoms with van der Waals surface area (Å²) in [4.78, 5) is 35.4. The Balaban J connectivity index is 2.61. The van der Waals surface area contributed by atoms with Crippen molar-refractivity contribution in [2.45, 2.75) is 52.7 Å². The van der Waals surface area contributed by atoms with Gasteiger partial charge in [0.2, 0.25) is 0 Å². The topological polar surface area (TPSA) is 81.7 Å². The van der Waals surface area contributed by atoms with E-state index in [1.165, 1.54) is 24.3 Å². The molecule has 6 nitrogen and oxygen atoms in total. The van der Waals surface area contributed by atoms with Gasteiger partial charge in [-0.15, -0.1) is 0 Å². The lowest BCUT2D eigenvalue weighted by Gasteiger charge is -2.20. The minimum atomic E-state index is -0.649. The third-order valence-corrected chi connectivity index (χ3v) is 2.61. The van der Waals surface area contributed by atoms with E-state index in [0.717, 1.165) is 0 Å². The number of nitrogens with one attached hydrogen (secondary N) is 1. The third kappa shape index (κ3) is 7.26. The van der Waals surface area contributed by atoms with Crippen LogP contribution in [0.4, 0.5) is 0 Å². The molecule has 0 aliphatic heterocycles. The quantitative estimate of drug-likeness (QED) is 0.856. The molecule has 0 aliphatic carbocycles. The van der Waals surface area contributed by atoms with Crippen molar-refractivity contribution in [2.75, 3.05) is 6.61 Å². The second kappa shape index (κ2) is 7.47. The van der Waals surface area contributed by atoms with Crippen LogP contribution in [0.5, 0.6) is 0 Å². The van der Waals surface area contributed by atoms with Gasteiger partial charge in [-0.1, -0.05) is 0 Å². The van der Waals surface area contributed by atoms with Crippen LogP contribution >= 0.6 is 0 Å². The van der Waals surface area contributed by atoms with Crippen molar-refractivity contribution in [2.24, 2.45) is 0 Å². The summed E-state index contributed by atoms with van der Waals surface area (Å²) in [6.45, 7) is 10.4. The molecule has 132 valence electrons. The predicted octanol–water partition coefficient (Wildman–Crippen LogP) is 2.71. The van der Waals surface area contributed by atoms with Crippen LogP contribution in [0, 0.1) is 0 Å². The van der Waals surface area contributed by atoms with Gasteiger partial charge in [0.05, 0.1) is 5.56 Å². The summed E-state index contributed by atoms with van der Waals surface area (Å²) in [6.07, 6.45) is 0. The summed E-state index contributed by atoms with van der Waals surface area (Å²) in [6, 6.07) is 6.03. The molecule has 1 aromatic carbocycles. The average molecular weight is 335 g/mol. The standard InChI is InChI=1S/C18H25NO5/c1-17(2,3)19-15(21)12-7-9-13(10-8-12)16(22)23-11-14(20)24-18(4,5)6/h7-10H,11H2,1-6H3,(H,19,21). The van der Waals surface area contributed by atoms with Crippen molar-refractivity contribution >= 4 is 17.8 Å². The van der Waals surface area contributed by atoms with Gasteiger partial charge >= 0.3 is 11.9 Å². The summed E-state index contributed by atoms with van der Waals surface area (Å²) in [5, 5.41) is 2.83. The molecule has 0 spiro atoms. The Labute approximate surface area is 142 Å². The summed E-state index contributed by atoms with van der Waals surface area (Å²) in [7, 11) is 0. The molecule has 0 fully saturated rings. The van der Waals surface area contributed by atoms with Crippen molar-refractivity contribution in [3.05, 3.63) is 35.4 Å². The molecular formula is C18H25NO5. The number of hydrogen-bond donors (Lipinski definition) is 1. The molecule has 24 heavy (non-hydrogen) atoms. The number of rotatable bonds is 4. The number of esters is 2. The van der Waals surface area contributed by atoms with Gasteiger partial charge < -0.3 is 14.8 Å². The molecule has 0 heterocycles. The van der Waals surface area contributed by atoms with Gasteiger partial charge in [0.25, 0.3) is 5.91 Å². The van der Waals surface area contributed by atoms with Gasteiger partial charge in [-0.05, 0) is 65.8 Å². The summed E-state index contributed by atoms with van der Waals surface area (Å²) in [5.74, 6) is -1.49. The van der Waals surface area contributed by atoms with Gasteiger partial charge in [-0.3, -0.25) is 4.79 Å². The summed E-state index contributed by atoms with van der Waals surface area (Å²) >= 11 is 0. The lowest BCUT2D eigenvalue weighted by Crippen LogP contribution is -2.40. The highest BCUT2D eigenvalue weighted by atomic mass is 16.6. The van der Waals surface area contributed by atoms with E-state index in [9.17, 15) is 14.4 Å². The number of hydrogen-bond acceptors (Lipinski definition) is 5. The maximum absolute atomic E-state index is 12.0. The Morgan fingerprint density at radius 1 is 0.917 bits per heavy atom. The lowest BCUT2D eigenvalue weighted by molar-refractivity contribution is -0.158. The van der Waals surface area contributed by atoms with Crippen LogP contribution in [0.2, 0.25) is 0 Å². The van der Waals surface area contributed by atoms with E-state index in [1.807, 2.05) is 20.8 Å². The largest absolute Gasteiger partial charge is 0.457 e. The minimum absolute atomic E-state index is 0.226. The first-order valence-electron chi connectivity index (χ1n) is 7.69. The van der Waals surface area contributed by atoms with Crippen LogP contribution in [-0.4, -0.2) is 35.6 Å². The van der Waals surface area contributed by atoms with Crippen LogP contribution in [0.3, 0.4) is 0 Å². The van der Waals surface area contributed by atoms with Gasteiger partial charge in [0.15, 0.2) is 6.61 Å². The Morgan fingerprint density at radius 2 is 1.42 bits per heavy atom. The first kappa shape index (κ1) is 19.7. The normalized spacial score (nSPS) is 11.6. The highest BCUT2D eigenvalue weighted by Crippen LogP contribution is 2.10. The Hall–Kier alpha value is -2.37. The molecule has 1 N–H and O–H groups in total. The summed E-state index contributed by atoms with van der Waals surface area (Å²) in [5.41, 5.74) is -0.285. The Bertz CT molecular complexity index is 606. The molecule has 0 aromatic heterocycles. The third-order valence-electron chi connectivity index (χ3n) is 2.61. The van der Waals surface area contributed by atoms with Crippen LogP contribution in [-0.2, 0) is 14.3 Å². The van der Waals surface area contributed by atoms with E-state index >= 15 is 0 Å². The van der Waals surface area contributed by atoms with Crippen molar-refractivity contribution in [3.63, 3.8) is 0 Å². The van der Waals surface area contributed by atoms with Crippen molar-refractivity contribution in [3.8, 4) is 0 Å². The SMILES string of the molecule is CC(C)(C)NC(=O)c1ccc(C(=O)OCC(=O)OC(C)(C)C)cc1. The summed E-state index contributed by atoms with van der Waals surface area (Å²) < 4.78 is 9.95. The van der Waals surface area contributed by atoms with Gasteiger partial charge in [0.1, 0.15) is 5.60 Å². The molecule has 0 atom stereocenters. The molecule has 0 aliphatic rings. The fourth-order valence-corrected chi connectivity index (χ4v) is 1.75. The number of carbonyl (C=O) groups excluding carboxylic acids is 3. The Kier molecular flexibility index (Phi) is 6.12. The predicted molar refractivity (Wildman–Crippen MR) is 89.8 cm³/mol. The fraction of sp³-hybridized carbons (Fsp3) is 0.500. The second-order valence-electron chi connectivity index (χ2n) is 7.44. The van der Waals surface area contributed by atoms with E-state index < -0.39 is 24.1 Å². The fourth-order valence-electron chi connectivity index (χ4n) is 1.75. The number of ether oxygens (including phenoxy) is 2. The molecule has 1 aromatic rings. The second-order valence-corrected chi connectivity index (χ2v) is 7.44. The van der Waals surface area contributed by atoms with Crippen LogP contribution < -0.4 is 5.32 Å². The molecule has 1 amide bonds. The first-order valence-corrected chi connectivity index (χ1v) is 7.69. The zero-order chi connectivity index (χ0) is 18.5. The first-order chi connectivity index (χ1) is 10.9. The molecule has 6 heteroatoms. The number of benzene rings is 1. The highest BCUT2D eigenvalue weighted by molar-refractivity contribution is 5.96. The van der Waals surface area contributed by atoms with Crippen molar-refractivity contribution in [1.29, 1.82) is 0 Å². The highest BCUT2D eigenvalue weighted by Gasteiger charge is 2.19. The monoisotopic (exact) mass is 335 g/mol. The molecule has 0 bridgehead atoms.